The van der Waals surface area contributed by atoms with Crippen molar-refractivity contribution in [2.24, 2.45) is 0 Å². The predicted molar refractivity (Wildman–Crippen MR) is 87.8 cm³/mol. The first-order chi connectivity index (χ1) is 11.1. The molecule has 2 aromatic rings. The minimum Gasteiger partial charge on any atom is -0.465 e. The molecule has 0 bridgehead atoms. The number of aromatic nitrogens is 1. The molecule has 0 aliphatic carbocycles. The lowest BCUT2D eigenvalue weighted by molar-refractivity contribution is 0.0600. The molecule has 8 heteroatoms. The zero-order chi connectivity index (χ0) is 16.7. The Bertz CT molecular complexity index is 670. The Morgan fingerprint density at radius 3 is 2.61 bits per heavy atom. The summed E-state index contributed by atoms with van der Waals surface area (Å²) in [5.41, 5.74) is 2.04. The van der Waals surface area contributed by atoms with E-state index in [9.17, 15) is 9.59 Å². The SMILES string of the molecule is COCCNC(=O)Nc1nc(-c2ccc(C(=O)OC)cc2)cs1. The Hall–Kier alpha value is -2.45. The van der Waals surface area contributed by atoms with Crippen molar-refractivity contribution in [1.82, 2.24) is 10.3 Å². The van der Waals surface area contributed by atoms with Crippen molar-refractivity contribution >= 4 is 28.5 Å². The van der Waals surface area contributed by atoms with Crippen LogP contribution in [0.5, 0.6) is 0 Å². The number of nitrogens with zero attached hydrogens (tertiary/aromatic N) is 1. The molecule has 1 heterocycles. The Morgan fingerprint density at radius 1 is 1.22 bits per heavy atom. The molecule has 7 nitrogen and oxygen atoms in total. The normalized spacial score (nSPS) is 10.2. The summed E-state index contributed by atoms with van der Waals surface area (Å²) >= 11 is 1.32. The van der Waals surface area contributed by atoms with E-state index in [-0.39, 0.29) is 12.0 Å². The van der Waals surface area contributed by atoms with Crippen LogP contribution in [-0.2, 0) is 9.47 Å². The van der Waals surface area contributed by atoms with Crippen molar-refractivity contribution in [2.45, 2.75) is 0 Å². The van der Waals surface area contributed by atoms with Crippen LogP contribution in [0.15, 0.2) is 29.6 Å². The molecule has 0 atom stereocenters. The molecule has 2 amide bonds. The van der Waals surface area contributed by atoms with Crippen molar-refractivity contribution in [3.63, 3.8) is 0 Å². The van der Waals surface area contributed by atoms with Gasteiger partial charge in [-0.2, -0.15) is 0 Å². The Morgan fingerprint density at radius 2 is 1.96 bits per heavy atom. The van der Waals surface area contributed by atoms with Gasteiger partial charge < -0.3 is 14.8 Å². The third-order valence-corrected chi connectivity index (χ3v) is 3.68. The monoisotopic (exact) mass is 335 g/mol. The smallest absolute Gasteiger partial charge is 0.337 e. The number of rotatable bonds is 6. The largest absolute Gasteiger partial charge is 0.465 e. The fourth-order valence-electron chi connectivity index (χ4n) is 1.77. The lowest BCUT2D eigenvalue weighted by Crippen LogP contribution is -2.31. The van der Waals surface area contributed by atoms with Gasteiger partial charge in [-0.3, -0.25) is 5.32 Å². The molecule has 1 aromatic carbocycles. The van der Waals surface area contributed by atoms with Gasteiger partial charge in [0.2, 0.25) is 0 Å². The van der Waals surface area contributed by atoms with Gasteiger partial charge in [0.05, 0.1) is 25.0 Å². The maximum Gasteiger partial charge on any atom is 0.337 e. The molecule has 0 saturated carbocycles. The van der Waals surface area contributed by atoms with Gasteiger partial charge in [-0.25, -0.2) is 14.6 Å². The molecule has 0 unspecified atom stereocenters. The van der Waals surface area contributed by atoms with Gasteiger partial charge >= 0.3 is 12.0 Å². The Labute approximate surface area is 137 Å². The van der Waals surface area contributed by atoms with Crippen LogP contribution in [0, 0.1) is 0 Å². The molecule has 0 aliphatic heterocycles. The molecular weight excluding hydrogens is 318 g/mol. The maximum absolute atomic E-state index is 11.6. The number of carbonyl (C=O) groups excluding carboxylic acids is 2. The number of thiazole rings is 1. The average molecular weight is 335 g/mol. The zero-order valence-corrected chi connectivity index (χ0v) is 13.6. The number of urea groups is 1. The highest BCUT2D eigenvalue weighted by molar-refractivity contribution is 7.14. The summed E-state index contributed by atoms with van der Waals surface area (Å²) in [4.78, 5) is 27.4. The molecule has 0 fully saturated rings. The van der Waals surface area contributed by atoms with E-state index in [2.05, 4.69) is 20.4 Å². The predicted octanol–water partition coefficient (Wildman–Crippen LogP) is 2.36. The summed E-state index contributed by atoms with van der Waals surface area (Å²) in [5.74, 6) is -0.384. The van der Waals surface area contributed by atoms with Crippen molar-refractivity contribution in [3.8, 4) is 11.3 Å². The first-order valence-corrected chi connectivity index (χ1v) is 7.70. The standard InChI is InChI=1S/C15H17N3O4S/c1-21-8-7-16-14(20)18-15-17-12(9-23-15)10-3-5-11(6-4-10)13(19)22-2/h3-6,9H,7-8H2,1-2H3,(H2,16,17,18,20). The number of benzene rings is 1. The van der Waals surface area contributed by atoms with Gasteiger partial charge in [0.1, 0.15) is 0 Å². The molecule has 0 saturated heterocycles. The number of amides is 2. The first-order valence-electron chi connectivity index (χ1n) is 6.82. The fourth-order valence-corrected chi connectivity index (χ4v) is 2.48. The number of hydrogen-bond donors (Lipinski definition) is 2. The van der Waals surface area contributed by atoms with Crippen LogP contribution < -0.4 is 10.6 Å². The second-order valence-corrected chi connectivity index (χ2v) is 5.34. The van der Waals surface area contributed by atoms with Crippen LogP contribution in [0.1, 0.15) is 10.4 Å². The summed E-state index contributed by atoms with van der Waals surface area (Å²) < 4.78 is 9.50. The van der Waals surface area contributed by atoms with E-state index in [1.807, 2.05) is 5.38 Å². The molecule has 0 aliphatic rings. The summed E-state index contributed by atoms with van der Waals surface area (Å²) in [6, 6.07) is 6.58. The Balaban J connectivity index is 1.98. The van der Waals surface area contributed by atoms with Gasteiger partial charge in [-0.05, 0) is 12.1 Å². The highest BCUT2D eigenvalue weighted by Gasteiger charge is 2.09. The van der Waals surface area contributed by atoms with E-state index in [0.717, 1.165) is 11.3 Å². The topological polar surface area (TPSA) is 89.5 Å². The van der Waals surface area contributed by atoms with Crippen LogP contribution in [0.3, 0.4) is 0 Å². The molecule has 2 rings (SSSR count). The van der Waals surface area contributed by atoms with Crippen molar-refractivity contribution in [3.05, 3.63) is 35.2 Å². The minimum atomic E-state index is -0.384. The van der Waals surface area contributed by atoms with Crippen molar-refractivity contribution in [1.29, 1.82) is 0 Å². The van der Waals surface area contributed by atoms with Crippen LogP contribution in [0.25, 0.3) is 11.3 Å². The van der Waals surface area contributed by atoms with Gasteiger partial charge in [0, 0.05) is 24.6 Å². The lowest BCUT2D eigenvalue weighted by atomic mass is 10.1. The third kappa shape index (κ3) is 4.76. The third-order valence-electron chi connectivity index (χ3n) is 2.92. The van der Waals surface area contributed by atoms with Crippen LogP contribution in [0.2, 0.25) is 0 Å². The maximum atomic E-state index is 11.6. The molecule has 0 spiro atoms. The van der Waals surface area contributed by atoms with Crippen LogP contribution in [0.4, 0.5) is 9.93 Å². The van der Waals surface area contributed by atoms with E-state index in [0.29, 0.717) is 23.8 Å². The molecule has 2 N–H and O–H groups in total. The summed E-state index contributed by atoms with van der Waals surface area (Å²) in [6.07, 6.45) is 0. The molecule has 1 aromatic heterocycles. The van der Waals surface area contributed by atoms with E-state index in [1.165, 1.54) is 18.4 Å². The van der Waals surface area contributed by atoms with E-state index < -0.39 is 0 Å². The fraction of sp³-hybridized carbons (Fsp3) is 0.267. The van der Waals surface area contributed by atoms with Gasteiger partial charge in [-0.15, -0.1) is 11.3 Å². The van der Waals surface area contributed by atoms with Crippen molar-refractivity contribution < 1.29 is 19.1 Å². The van der Waals surface area contributed by atoms with E-state index in [1.54, 1.807) is 31.4 Å². The molecule has 0 radical (unpaired) electrons. The minimum absolute atomic E-state index is 0.330. The van der Waals surface area contributed by atoms with Crippen LogP contribution in [-0.4, -0.2) is 44.4 Å². The number of carbonyl (C=O) groups is 2. The number of methoxy groups -OCH3 is 2. The second kappa shape index (κ2) is 8.25. The first kappa shape index (κ1) is 16.9. The van der Waals surface area contributed by atoms with E-state index >= 15 is 0 Å². The highest BCUT2D eigenvalue weighted by atomic mass is 32.1. The highest BCUT2D eigenvalue weighted by Crippen LogP contribution is 2.25. The summed E-state index contributed by atoms with van der Waals surface area (Å²) in [6.45, 7) is 0.874. The van der Waals surface area contributed by atoms with Gasteiger partial charge in [0.15, 0.2) is 5.13 Å². The van der Waals surface area contributed by atoms with E-state index in [4.69, 9.17) is 4.74 Å². The zero-order valence-electron chi connectivity index (χ0n) is 12.8. The second-order valence-electron chi connectivity index (χ2n) is 4.48. The number of esters is 1. The Kier molecular flexibility index (Phi) is 6.07. The number of hydrogen-bond acceptors (Lipinski definition) is 6. The molecule has 122 valence electrons. The number of ether oxygens (including phenoxy) is 2. The van der Waals surface area contributed by atoms with Crippen LogP contribution >= 0.6 is 11.3 Å². The lowest BCUT2D eigenvalue weighted by Gasteiger charge is -2.04. The van der Waals surface area contributed by atoms with Gasteiger partial charge in [-0.1, -0.05) is 12.1 Å². The molecular formula is C15H17N3O4S. The summed E-state index contributed by atoms with van der Waals surface area (Å²) in [7, 11) is 2.91. The molecule has 23 heavy (non-hydrogen) atoms. The quantitative estimate of drug-likeness (QED) is 0.625. The number of anilines is 1. The van der Waals surface area contributed by atoms with Crippen molar-refractivity contribution in [2.75, 3.05) is 32.7 Å². The number of nitrogens with one attached hydrogen (secondary N) is 2. The average Bonchev–Trinajstić information content (AvgIpc) is 3.03. The summed E-state index contributed by atoms with van der Waals surface area (Å²) in [5, 5.41) is 7.63. The van der Waals surface area contributed by atoms with Gasteiger partial charge in [0.25, 0.3) is 0 Å².